The van der Waals surface area contributed by atoms with Crippen LogP contribution in [0.3, 0.4) is 0 Å². The normalized spacial score (nSPS) is 18.0. The molecule has 17 heavy (non-hydrogen) atoms. The molecular formula is C13H13NO3. The molecule has 1 aliphatic carbocycles. The molecule has 0 bridgehead atoms. The monoisotopic (exact) mass is 231 g/mol. The lowest BCUT2D eigenvalue weighted by Gasteiger charge is -2.11. The number of hydrogen-bond donors (Lipinski definition) is 1. The molecule has 1 amide bonds. The predicted octanol–water partition coefficient (Wildman–Crippen LogP) is 1.12. The number of fused-ring (bicyclic) bond motifs is 1. The van der Waals surface area contributed by atoms with Crippen LogP contribution < -0.4 is 5.32 Å². The van der Waals surface area contributed by atoms with Gasteiger partial charge in [-0.1, -0.05) is 24.3 Å². The van der Waals surface area contributed by atoms with Crippen molar-refractivity contribution in [2.45, 2.75) is 18.9 Å². The number of carbonyl (C=O) groups is 1. The van der Waals surface area contributed by atoms with Crippen molar-refractivity contribution in [3.8, 4) is 0 Å². The number of nitrogens with one attached hydrogen (secondary N) is 1. The van der Waals surface area contributed by atoms with Crippen LogP contribution in [0.1, 0.15) is 11.1 Å². The summed E-state index contributed by atoms with van der Waals surface area (Å²) in [5, 5.41) is 2.96. The third-order valence-corrected chi connectivity index (χ3v) is 3.08. The average molecular weight is 231 g/mol. The standard InChI is InChI=1S/C13H13NO3/c15-13(12-7-16-8-17-12)14-11-5-9-3-1-2-4-10(9)6-11/h1-4,7,11H,5-6,8H2,(H,14,15). The second-order valence-corrected chi connectivity index (χ2v) is 4.26. The highest BCUT2D eigenvalue weighted by Gasteiger charge is 2.25. The Kier molecular flexibility index (Phi) is 2.48. The second kappa shape index (κ2) is 4.13. The van der Waals surface area contributed by atoms with Gasteiger partial charge in [-0.25, -0.2) is 0 Å². The molecule has 1 aromatic carbocycles. The van der Waals surface area contributed by atoms with Gasteiger partial charge in [-0.15, -0.1) is 0 Å². The Balaban J connectivity index is 1.64. The lowest BCUT2D eigenvalue weighted by molar-refractivity contribution is -0.121. The smallest absolute Gasteiger partial charge is 0.290 e. The van der Waals surface area contributed by atoms with Crippen molar-refractivity contribution < 1.29 is 14.3 Å². The van der Waals surface area contributed by atoms with Gasteiger partial charge in [0.15, 0.2) is 0 Å². The van der Waals surface area contributed by atoms with Gasteiger partial charge in [-0.3, -0.25) is 4.79 Å². The molecule has 4 heteroatoms. The van der Waals surface area contributed by atoms with Crippen LogP contribution in [0.2, 0.25) is 0 Å². The van der Waals surface area contributed by atoms with Crippen LogP contribution in [0, 0.1) is 0 Å². The Morgan fingerprint density at radius 1 is 1.24 bits per heavy atom. The van der Waals surface area contributed by atoms with Crippen LogP contribution in [-0.4, -0.2) is 18.7 Å². The van der Waals surface area contributed by atoms with Crippen LogP contribution in [0.25, 0.3) is 0 Å². The van der Waals surface area contributed by atoms with Crippen LogP contribution in [0.15, 0.2) is 36.3 Å². The molecule has 0 atom stereocenters. The number of amides is 1. The van der Waals surface area contributed by atoms with E-state index in [1.54, 1.807) is 0 Å². The van der Waals surface area contributed by atoms with Crippen LogP contribution in [0.4, 0.5) is 0 Å². The summed E-state index contributed by atoms with van der Waals surface area (Å²) in [4.78, 5) is 11.8. The van der Waals surface area contributed by atoms with E-state index in [9.17, 15) is 4.79 Å². The van der Waals surface area contributed by atoms with E-state index in [2.05, 4.69) is 17.4 Å². The fourth-order valence-corrected chi connectivity index (χ4v) is 2.28. The number of rotatable bonds is 2. The minimum Gasteiger partial charge on any atom is -0.461 e. The molecule has 1 heterocycles. The van der Waals surface area contributed by atoms with Crippen molar-refractivity contribution in [1.29, 1.82) is 0 Å². The van der Waals surface area contributed by atoms with Crippen molar-refractivity contribution in [3.63, 3.8) is 0 Å². The summed E-state index contributed by atoms with van der Waals surface area (Å²) < 4.78 is 9.89. The van der Waals surface area contributed by atoms with Crippen molar-refractivity contribution in [1.82, 2.24) is 5.32 Å². The molecule has 0 saturated heterocycles. The Hall–Kier alpha value is -1.97. The van der Waals surface area contributed by atoms with Gasteiger partial charge in [0, 0.05) is 6.04 Å². The minimum absolute atomic E-state index is 0.133. The average Bonchev–Trinajstić information content (AvgIpc) is 2.97. The Morgan fingerprint density at radius 3 is 2.53 bits per heavy atom. The lowest BCUT2D eigenvalue weighted by atomic mass is 10.1. The first kappa shape index (κ1) is 10.2. The van der Waals surface area contributed by atoms with Gasteiger partial charge in [-0.2, -0.15) is 0 Å². The van der Waals surface area contributed by atoms with Crippen molar-refractivity contribution >= 4 is 5.91 Å². The zero-order valence-electron chi connectivity index (χ0n) is 9.31. The SMILES string of the molecule is O=C(NC1Cc2ccccc2C1)C1=COCO1. The Morgan fingerprint density at radius 2 is 1.94 bits per heavy atom. The molecule has 2 aliphatic rings. The third kappa shape index (κ3) is 1.98. The second-order valence-electron chi connectivity index (χ2n) is 4.26. The van der Waals surface area contributed by atoms with Crippen LogP contribution >= 0.6 is 0 Å². The molecule has 0 radical (unpaired) electrons. The molecule has 0 unspecified atom stereocenters. The molecule has 0 fully saturated rings. The maximum absolute atomic E-state index is 11.8. The summed E-state index contributed by atoms with van der Waals surface area (Å²) in [5.74, 6) is 0.0706. The highest BCUT2D eigenvalue weighted by molar-refractivity contribution is 5.91. The van der Waals surface area contributed by atoms with E-state index in [4.69, 9.17) is 9.47 Å². The van der Waals surface area contributed by atoms with Crippen molar-refractivity contribution in [3.05, 3.63) is 47.4 Å². The van der Waals surface area contributed by atoms with Crippen molar-refractivity contribution in [2.24, 2.45) is 0 Å². The van der Waals surface area contributed by atoms with Gasteiger partial charge in [-0.05, 0) is 24.0 Å². The van der Waals surface area contributed by atoms with Crippen molar-refractivity contribution in [2.75, 3.05) is 6.79 Å². The number of benzene rings is 1. The highest BCUT2D eigenvalue weighted by Crippen LogP contribution is 2.22. The fraction of sp³-hybridized carbons (Fsp3) is 0.308. The molecule has 1 N–H and O–H groups in total. The van der Waals surface area contributed by atoms with Gasteiger partial charge in [0.1, 0.15) is 6.26 Å². The summed E-state index contributed by atoms with van der Waals surface area (Å²) in [6.45, 7) is 0.133. The zero-order valence-corrected chi connectivity index (χ0v) is 9.31. The molecule has 4 nitrogen and oxygen atoms in total. The fourth-order valence-electron chi connectivity index (χ4n) is 2.28. The number of hydrogen-bond acceptors (Lipinski definition) is 3. The molecule has 0 spiro atoms. The van der Waals surface area contributed by atoms with E-state index in [1.165, 1.54) is 17.4 Å². The number of carbonyl (C=O) groups excluding carboxylic acids is 1. The van der Waals surface area contributed by atoms with E-state index in [0.29, 0.717) is 0 Å². The van der Waals surface area contributed by atoms with E-state index in [-0.39, 0.29) is 24.5 Å². The highest BCUT2D eigenvalue weighted by atomic mass is 16.7. The van der Waals surface area contributed by atoms with Gasteiger partial charge in [0.25, 0.3) is 5.91 Å². The van der Waals surface area contributed by atoms with E-state index in [1.807, 2.05) is 12.1 Å². The first-order valence-corrected chi connectivity index (χ1v) is 5.65. The summed E-state index contributed by atoms with van der Waals surface area (Å²) >= 11 is 0. The Bertz CT molecular complexity index is 456. The number of ether oxygens (including phenoxy) is 2. The van der Waals surface area contributed by atoms with Gasteiger partial charge >= 0.3 is 0 Å². The largest absolute Gasteiger partial charge is 0.461 e. The van der Waals surface area contributed by atoms with E-state index in [0.717, 1.165) is 12.8 Å². The summed E-state index contributed by atoms with van der Waals surface area (Å²) in [7, 11) is 0. The van der Waals surface area contributed by atoms with E-state index >= 15 is 0 Å². The molecule has 0 aromatic heterocycles. The topological polar surface area (TPSA) is 47.6 Å². The van der Waals surface area contributed by atoms with Gasteiger partial charge in [0.2, 0.25) is 12.6 Å². The maximum atomic E-state index is 11.8. The molecule has 88 valence electrons. The molecular weight excluding hydrogens is 218 g/mol. The molecule has 1 aliphatic heterocycles. The van der Waals surface area contributed by atoms with Gasteiger partial charge < -0.3 is 14.8 Å². The predicted molar refractivity (Wildman–Crippen MR) is 60.9 cm³/mol. The summed E-state index contributed by atoms with van der Waals surface area (Å²) in [6.07, 6.45) is 3.13. The molecule has 3 rings (SSSR count). The maximum Gasteiger partial charge on any atom is 0.290 e. The minimum atomic E-state index is -0.194. The molecule has 1 aromatic rings. The zero-order chi connectivity index (χ0) is 11.7. The molecule has 0 saturated carbocycles. The van der Waals surface area contributed by atoms with Gasteiger partial charge in [0.05, 0.1) is 0 Å². The first-order valence-electron chi connectivity index (χ1n) is 5.65. The quantitative estimate of drug-likeness (QED) is 0.829. The first-order chi connectivity index (χ1) is 8.33. The van der Waals surface area contributed by atoms with Crippen LogP contribution in [0.5, 0.6) is 0 Å². The summed E-state index contributed by atoms with van der Waals surface area (Å²) in [6, 6.07) is 8.43. The summed E-state index contributed by atoms with van der Waals surface area (Å²) in [5.41, 5.74) is 2.63. The lowest BCUT2D eigenvalue weighted by Crippen LogP contribution is -2.36. The van der Waals surface area contributed by atoms with E-state index < -0.39 is 0 Å². The van der Waals surface area contributed by atoms with Crippen LogP contribution in [-0.2, 0) is 27.1 Å². The third-order valence-electron chi connectivity index (χ3n) is 3.08. The Labute approximate surface area is 99.2 Å².